The molecule has 164 valence electrons. The van der Waals surface area contributed by atoms with Crippen LogP contribution in [0.3, 0.4) is 0 Å². The fourth-order valence-electron chi connectivity index (χ4n) is 2.96. The zero-order valence-electron chi connectivity index (χ0n) is 16.8. The zero-order valence-corrected chi connectivity index (χ0v) is 18.3. The first-order valence-electron chi connectivity index (χ1n) is 9.47. The van der Waals surface area contributed by atoms with E-state index in [9.17, 15) is 9.18 Å². The summed E-state index contributed by atoms with van der Waals surface area (Å²) in [5, 5.41) is 0.632. The Morgan fingerprint density at radius 1 is 1.23 bits per heavy atom. The molecule has 0 aliphatic heterocycles. The normalized spacial score (nSPS) is 11.4. The van der Waals surface area contributed by atoms with Crippen molar-refractivity contribution in [3.05, 3.63) is 96.3 Å². The fourth-order valence-corrected chi connectivity index (χ4v) is 3.22. The lowest BCUT2D eigenvalue weighted by molar-refractivity contribution is -0.683. The number of hydrogen-bond donors (Lipinski definition) is 0. The van der Waals surface area contributed by atoms with Gasteiger partial charge in [-0.15, -0.1) is 6.58 Å². The monoisotopic (exact) mass is 464 g/mol. The number of para-hydroxylation sites is 1. The van der Waals surface area contributed by atoms with Crippen molar-refractivity contribution in [1.29, 1.82) is 0 Å². The average molecular weight is 465 g/mol. The SMILES string of the molecule is C=CCOC(Cn1cc[n+](CC(=O)COc2ccccc2F)c1)c1ccccc1Cl.[Cl-]. The van der Waals surface area contributed by atoms with Crippen molar-refractivity contribution >= 4 is 17.4 Å². The molecule has 8 heteroatoms. The van der Waals surface area contributed by atoms with E-state index >= 15 is 0 Å². The summed E-state index contributed by atoms with van der Waals surface area (Å²) < 4.78 is 28.4. The minimum atomic E-state index is -0.491. The lowest BCUT2D eigenvalue weighted by Crippen LogP contribution is -3.00. The van der Waals surface area contributed by atoms with Gasteiger partial charge in [-0.1, -0.05) is 48.0 Å². The Hall–Kier alpha value is -2.67. The van der Waals surface area contributed by atoms with Gasteiger partial charge in [0.25, 0.3) is 0 Å². The predicted octanol–water partition coefficient (Wildman–Crippen LogP) is 1.16. The van der Waals surface area contributed by atoms with E-state index in [0.29, 0.717) is 18.2 Å². The number of carbonyl (C=O) groups is 1. The van der Waals surface area contributed by atoms with Crippen LogP contribution in [-0.2, 0) is 22.6 Å². The molecule has 0 amide bonds. The Morgan fingerprint density at radius 2 is 1.97 bits per heavy atom. The summed E-state index contributed by atoms with van der Waals surface area (Å²) >= 11 is 6.33. The van der Waals surface area contributed by atoms with E-state index < -0.39 is 5.82 Å². The molecule has 0 fully saturated rings. The highest BCUT2D eigenvalue weighted by atomic mass is 35.5. The molecule has 0 N–H and O–H groups in total. The van der Waals surface area contributed by atoms with E-state index in [1.807, 2.05) is 41.4 Å². The maximum absolute atomic E-state index is 13.6. The molecule has 3 aromatic rings. The molecule has 1 unspecified atom stereocenters. The van der Waals surface area contributed by atoms with E-state index in [4.69, 9.17) is 21.1 Å². The lowest BCUT2D eigenvalue weighted by atomic mass is 10.1. The molecule has 1 atom stereocenters. The molecule has 0 saturated heterocycles. The van der Waals surface area contributed by atoms with Crippen molar-refractivity contribution in [1.82, 2.24) is 4.57 Å². The van der Waals surface area contributed by atoms with E-state index in [0.717, 1.165) is 5.56 Å². The number of halogens is 3. The molecule has 1 heterocycles. The maximum Gasteiger partial charge on any atom is 0.244 e. The number of ketones is 1. The van der Waals surface area contributed by atoms with Crippen molar-refractivity contribution in [2.24, 2.45) is 0 Å². The molecule has 0 aliphatic rings. The summed E-state index contributed by atoms with van der Waals surface area (Å²) in [5.41, 5.74) is 0.885. The van der Waals surface area contributed by atoms with Gasteiger partial charge in [0, 0.05) is 10.6 Å². The van der Waals surface area contributed by atoms with Crippen molar-refractivity contribution in [2.75, 3.05) is 13.2 Å². The topological polar surface area (TPSA) is 44.3 Å². The van der Waals surface area contributed by atoms with Crippen LogP contribution >= 0.6 is 11.6 Å². The van der Waals surface area contributed by atoms with Crippen LogP contribution in [0, 0.1) is 5.82 Å². The third kappa shape index (κ3) is 7.21. The van der Waals surface area contributed by atoms with Crippen LogP contribution in [0.4, 0.5) is 4.39 Å². The van der Waals surface area contributed by atoms with Gasteiger partial charge >= 0.3 is 0 Å². The highest BCUT2D eigenvalue weighted by molar-refractivity contribution is 6.31. The van der Waals surface area contributed by atoms with Crippen molar-refractivity contribution < 1.29 is 35.6 Å². The van der Waals surface area contributed by atoms with Gasteiger partial charge in [0.2, 0.25) is 12.1 Å². The van der Waals surface area contributed by atoms with Gasteiger partial charge in [0.05, 0.1) is 6.61 Å². The molecule has 5 nitrogen and oxygen atoms in total. The Labute approximate surface area is 192 Å². The number of carbonyl (C=O) groups excluding carboxylic acids is 1. The van der Waals surface area contributed by atoms with Crippen LogP contribution in [0.2, 0.25) is 5.02 Å². The number of aromatic nitrogens is 2. The maximum atomic E-state index is 13.6. The summed E-state index contributed by atoms with van der Waals surface area (Å²) in [6.45, 7) is 4.52. The molecule has 2 aromatic carbocycles. The summed E-state index contributed by atoms with van der Waals surface area (Å²) in [6.07, 6.45) is 6.87. The van der Waals surface area contributed by atoms with Gasteiger partial charge in [-0.05, 0) is 18.2 Å². The van der Waals surface area contributed by atoms with Crippen molar-refractivity contribution in [3.8, 4) is 5.75 Å². The highest BCUT2D eigenvalue weighted by Crippen LogP contribution is 2.26. The first-order valence-corrected chi connectivity index (χ1v) is 9.85. The van der Waals surface area contributed by atoms with E-state index in [2.05, 4.69) is 6.58 Å². The summed E-state index contributed by atoms with van der Waals surface area (Å²) in [5.74, 6) is -0.601. The Balaban J connectivity index is 0.00000341. The van der Waals surface area contributed by atoms with Gasteiger partial charge in [0.1, 0.15) is 25.0 Å². The van der Waals surface area contributed by atoms with Gasteiger partial charge < -0.3 is 21.9 Å². The second kappa shape index (κ2) is 12.2. The number of imidazole rings is 1. The number of rotatable bonds is 11. The molecule has 0 aliphatic carbocycles. The first-order chi connectivity index (χ1) is 14.6. The van der Waals surface area contributed by atoms with Gasteiger partial charge in [-0.3, -0.25) is 4.79 Å². The molecule has 0 bridgehead atoms. The molecular weight excluding hydrogens is 442 g/mol. The quantitative estimate of drug-likeness (QED) is 0.316. The number of Topliss-reactive ketones (excluding diaryl/α,β-unsaturated/α-hetero) is 1. The van der Waals surface area contributed by atoms with Crippen molar-refractivity contribution in [3.63, 3.8) is 0 Å². The standard InChI is InChI=1S/C23H23ClFN2O3.ClH/c1-2-13-29-23(19-7-3-4-8-20(19)24)15-27-12-11-26(17-27)14-18(28)16-30-22-10-6-5-9-21(22)25;/h2-12,17,23H,1,13-16H2;1H/q+1;/p-1. The van der Waals surface area contributed by atoms with Gasteiger partial charge in [0.15, 0.2) is 24.7 Å². The largest absolute Gasteiger partial charge is 1.00 e. The van der Waals surface area contributed by atoms with Gasteiger partial charge in [-0.25, -0.2) is 13.5 Å². The number of ether oxygens (including phenoxy) is 2. The molecule has 3 rings (SSSR count). The van der Waals surface area contributed by atoms with Gasteiger partial charge in [-0.2, -0.15) is 0 Å². The second-order valence-electron chi connectivity index (χ2n) is 6.67. The Morgan fingerprint density at radius 3 is 2.71 bits per heavy atom. The van der Waals surface area contributed by atoms with Crippen molar-refractivity contribution in [2.45, 2.75) is 19.2 Å². The average Bonchev–Trinajstić information content (AvgIpc) is 3.17. The summed E-state index contributed by atoms with van der Waals surface area (Å²) in [4.78, 5) is 12.2. The zero-order chi connectivity index (χ0) is 21.3. The Kier molecular flexibility index (Phi) is 9.72. The number of hydrogen-bond acceptors (Lipinski definition) is 3. The van der Waals surface area contributed by atoms with Crippen LogP contribution in [-0.4, -0.2) is 23.6 Å². The lowest BCUT2D eigenvalue weighted by Gasteiger charge is -2.17. The second-order valence-corrected chi connectivity index (χ2v) is 7.08. The van der Waals surface area contributed by atoms with Crippen LogP contribution in [0.1, 0.15) is 11.7 Å². The minimum Gasteiger partial charge on any atom is -1.00 e. The molecular formula is C23H23Cl2FN2O3. The first kappa shape index (κ1) is 24.6. The smallest absolute Gasteiger partial charge is 0.244 e. The number of benzene rings is 2. The number of nitrogens with zero attached hydrogens (tertiary/aromatic N) is 2. The van der Waals surface area contributed by atoms with E-state index in [-0.39, 0.29) is 43.2 Å². The third-order valence-electron chi connectivity index (χ3n) is 4.37. The predicted molar refractivity (Wildman–Crippen MR) is 112 cm³/mol. The molecule has 0 spiro atoms. The molecule has 0 radical (unpaired) electrons. The van der Waals surface area contributed by atoms with E-state index in [1.165, 1.54) is 12.1 Å². The fraction of sp³-hybridized carbons (Fsp3) is 0.217. The van der Waals surface area contributed by atoms with Crippen LogP contribution in [0.25, 0.3) is 0 Å². The molecule has 0 saturated carbocycles. The molecule has 1 aromatic heterocycles. The summed E-state index contributed by atoms with van der Waals surface area (Å²) in [6, 6.07) is 13.5. The third-order valence-corrected chi connectivity index (χ3v) is 4.72. The van der Waals surface area contributed by atoms with Crippen LogP contribution in [0.15, 0.2) is 79.9 Å². The van der Waals surface area contributed by atoms with Crippen LogP contribution < -0.4 is 21.7 Å². The highest BCUT2D eigenvalue weighted by Gasteiger charge is 2.19. The van der Waals surface area contributed by atoms with Crippen LogP contribution in [0.5, 0.6) is 5.75 Å². The minimum absolute atomic E-state index is 0. The summed E-state index contributed by atoms with van der Waals surface area (Å²) in [7, 11) is 0. The molecule has 31 heavy (non-hydrogen) atoms. The Bertz CT molecular complexity index is 1010. The van der Waals surface area contributed by atoms with E-state index in [1.54, 1.807) is 29.0 Å².